The Labute approximate surface area is 106 Å². The lowest BCUT2D eigenvalue weighted by molar-refractivity contribution is 0.380. The molecule has 0 saturated carbocycles. The van der Waals surface area contributed by atoms with Crippen molar-refractivity contribution in [1.29, 1.82) is 0 Å². The molecule has 0 aromatic carbocycles. The summed E-state index contributed by atoms with van der Waals surface area (Å²) in [7, 11) is -1.97. The van der Waals surface area contributed by atoms with Gasteiger partial charge in [0, 0.05) is 26.6 Å². The second-order valence-corrected chi connectivity index (χ2v) is 6.23. The molecule has 0 aliphatic heterocycles. The highest BCUT2D eigenvalue weighted by molar-refractivity contribution is 7.87. The van der Waals surface area contributed by atoms with E-state index in [2.05, 4.69) is 19.4 Å². The Bertz CT molecular complexity index is 519. The van der Waals surface area contributed by atoms with Crippen LogP contribution in [-0.4, -0.2) is 43.0 Å². The van der Waals surface area contributed by atoms with Crippen molar-refractivity contribution in [3.05, 3.63) is 16.4 Å². The minimum Gasteiger partial charge on any atom is -0.296 e. The quantitative estimate of drug-likeness (QED) is 0.687. The number of hydrogen-bond acceptors (Lipinski definition) is 5. The van der Waals surface area contributed by atoms with Crippen LogP contribution in [0, 0.1) is 5.92 Å². The van der Waals surface area contributed by atoms with E-state index in [-0.39, 0.29) is 18.9 Å². The van der Waals surface area contributed by atoms with Gasteiger partial charge in [0.1, 0.15) is 0 Å². The van der Waals surface area contributed by atoms with E-state index in [0.29, 0.717) is 12.4 Å². The van der Waals surface area contributed by atoms with Gasteiger partial charge in [-0.05, 0) is 5.92 Å². The van der Waals surface area contributed by atoms with Crippen LogP contribution >= 0.6 is 0 Å². The molecular formula is C9H18N4O4S. The summed E-state index contributed by atoms with van der Waals surface area (Å²) in [6.07, 6.45) is 0.264. The molecule has 0 spiro atoms. The highest BCUT2D eigenvalue weighted by atomic mass is 32.2. The van der Waals surface area contributed by atoms with Gasteiger partial charge in [0.25, 0.3) is 10.2 Å². The van der Waals surface area contributed by atoms with Crippen molar-refractivity contribution in [2.75, 3.05) is 20.1 Å². The van der Waals surface area contributed by atoms with Gasteiger partial charge in [0.05, 0.1) is 0 Å². The topological polar surface area (TPSA) is 108 Å². The van der Waals surface area contributed by atoms with Crippen LogP contribution in [0.2, 0.25) is 0 Å². The normalized spacial score (nSPS) is 12.5. The van der Waals surface area contributed by atoms with Gasteiger partial charge in [-0.2, -0.15) is 12.7 Å². The predicted octanol–water partition coefficient (Wildman–Crippen LogP) is -0.672. The summed E-state index contributed by atoms with van der Waals surface area (Å²) in [5, 5.41) is 3.44. The lowest BCUT2D eigenvalue weighted by Crippen LogP contribution is -2.40. The molecule has 1 heterocycles. The summed E-state index contributed by atoms with van der Waals surface area (Å²) in [4.78, 5) is 13.0. The first kappa shape index (κ1) is 14.9. The minimum absolute atomic E-state index is 0.146. The molecule has 1 aromatic rings. The SMILES string of the molecule is CC(C)CN(C)S(=O)(=O)NCCc1noc(=O)[nH]1. The Morgan fingerprint density at radius 1 is 1.50 bits per heavy atom. The van der Waals surface area contributed by atoms with E-state index in [0.717, 1.165) is 0 Å². The Balaban J connectivity index is 2.44. The van der Waals surface area contributed by atoms with Crippen molar-refractivity contribution in [3.63, 3.8) is 0 Å². The Morgan fingerprint density at radius 2 is 2.17 bits per heavy atom. The third-order valence-electron chi connectivity index (χ3n) is 2.16. The molecule has 0 saturated heterocycles. The van der Waals surface area contributed by atoms with Crippen molar-refractivity contribution < 1.29 is 12.9 Å². The van der Waals surface area contributed by atoms with Crippen LogP contribution in [0.3, 0.4) is 0 Å². The van der Waals surface area contributed by atoms with Gasteiger partial charge < -0.3 is 0 Å². The number of rotatable bonds is 7. The molecule has 18 heavy (non-hydrogen) atoms. The molecule has 0 amide bonds. The number of aromatic nitrogens is 2. The number of nitrogens with one attached hydrogen (secondary N) is 2. The highest BCUT2D eigenvalue weighted by Gasteiger charge is 2.17. The molecule has 2 N–H and O–H groups in total. The van der Waals surface area contributed by atoms with Gasteiger partial charge in [-0.3, -0.25) is 9.51 Å². The average molecular weight is 278 g/mol. The van der Waals surface area contributed by atoms with Crippen LogP contribution in [-0.2, 0) is 16.6 Å². The lowest BCUT2D eigenvalue weighted by atomic mass is 10.2. The molecule has 1 aromatic heterocycles. The largest absolute Gasteiger partial charge is 0.438 e. The van der Waals surface area contributed by atoms with Gasteiger partial charge in [0.15, 0.2) is 5.82 Å². The van der Waals surface area contributed by atoms with Crippen LogP contribution in [0.1, 0.15) is 19.7 Å². The Morgan fingerprint density at radius 3 is 2.67 bits per heavy atom. The monoisotopic (exact) mass is 278 g/mol. The summed E-state index contributed by atoms with van der Waals surface area (Å²) in [6, 6.07) is 0. The van der Waals surface area contributed by atoms with Crippen LogP contribution < -0.4 is 10.5 Å². The summed E-state index contributed by atoms with van der Waals surface area (Å²) >= 11 is 0. The second-order valence-electron chi connectivity index (χ2n) is 4.37. The average Bonchev–Trinajstić information content (AvgIpc) is 2.63. The van der Waals surface area contributed by atoms with E-state index in [1.165, 1.54) is 11.4 Å². The smallest absolute Gasteiger partial charge is 0.296 e. The third-order valence-corrected chi connectivity index (χ3v) is 3.70. The molecule has 0 bridgehead atoms. The van der Waals surface area contributed by atoms with Gasteiger partial charge >= 0.3 is 5.76 Å². The lowest BCUT2D eigenvalue weighted by Gasteiger charge is -2.19. The zero-order chi connectivity index (χ0) is 13.8. The van der Waals surface area contributed by atoms with Crippen molar-refractivity contribution in [3.8, 4) is 0 Å². The van der Waals surface area contributed by atoms with Crippen LogP contribution in [0.25, 0.3) is 0 Å². The summed E-state index contributed by atoms with van der Waals surface area (Å²) in [5.74, 6) is -0.0857. The molecule has 8 nitrogen and oxygen atoms in total. The molecule has 0 aliphatic rings. The number of aromatic amines is 1. The zero-order valence-electron chi connectivity index (χ0n) is 10.6. The van der Waals surface area contributed by atoms with Crippen molar-refractivity contribution >= 4 is 10.2 Å². The van der Waals surface area contributed by atoms with Crippen molar-refractivity contribution in [2.45, 2.75) is 20.3 Å². The maximum absolute atomic E-state index is 11.8. The van der Waals surface area contributed by atoms with Crippen LogP contribution in [0.15, 0.2) is 9.32 Å². The number of nitrogens with zero attached hydrogens (tertiary/aromatic N) is 2. The standard InChI is InChI=1S/C9H18N4O4S/c1-7(2)6-13(3)18(15,16)10-5-4-8-11-9(14)17-12-8/h7,10H,4-6H2,1-3H3,(H,11,12,14). The molecule has 104 valence electrons. The molecule has 0 fully saturated rings. The fourth-order valence-corrected chi connectivity index (χ4v) is 2.46. The van der Waals surface area contributed by atoms with Gasteiger partial charge in [-0.15, -0.1) is 0 Å². The molecular weight excluding hydrogens is 260 g/mol. The summed E-state index contributed by atoms with van der Waals surface area (Å²) < 4.78 is 31.5. The number of H-pyrrole nitrogens is 1. The maximum atomic E-state index is 11.8. The molecule has 0 radical (unpaired) electrons. The molecule has 1 rings (SSSR count). The molecule has 0 aliphatic carbocycles. The zero-order valence-corrected chi connectivity index (χ0v) is 11.5. The van der Waals surface area contributed by atoms with Gasteiger partial charge in [0.2, 0.25) is 0 Å². The Hall–Kier alpha value is -1.19. The first-order valence-electron chi connectivity index (χ1n) is 5.57. The van der Waals surface area contributed by atoms with E-state index in [1.54, 1.807) is 0 Å². The summed E-state index contributed by atoms with van der Waals surface area (Å²) in [5.41, 5.74) is 0. The van der Waals surface area contributed by atoms with E-state index in [4.69, 9.17) is 0 Å². The maximum Gasteiger partial charge on any atom is 0.438 e. The summed E-state index contributed by atoms with van der Waals surface area (Å²) in [6.45, 7) is 4.46. The molecule has 0 unspecified atom stereocenters. The van der Waals surface area contributed by atoms with Crippen LogP contribution in [0.5, 0.6) is 0 Å². The second kappa shape index (κ2) is 6.12. The van der Waals surface area contributed by atoms with Gasteiger partial charge in [-0.1, -0.05) is 19.0 Å². The van der Waals surface area contributed by atoms with E-state index < -0.39 is 16.0 Å². The Kier molecular flexibility index (Phi) is 5.05. The van der Waals surface area contributed by atoms with Crippen molar-refractivity contribution in [2.24, 2.45) is 5.92 Å². The predicted molar refractivity (Wildman–Crippen MR) is 65.2 cm³/mol. The minimum atomic E-state index is -3.49. The fraction of sp³-hybridized carbons (Fsp3) is 0.778. The van der Waals surface area contributed by atoms with Gasteiger partial charge in [-0.25, -0.2) is 9.52 Å². The van der Waals surface area contributed by atoms with Crippen molar-refractivity contribution in [1.82, 2.24) is 19.2 Å². The fourth-order valence-electron chi connectivity index (χ4n) is 1.39. The first-order valence-corrected chi connectivity index (χ1v) is 7.01. The van der Waals surface area contributed by atoms with E-state index in [9.17, 15) is 13.2 Å². The third kappa shape index (κ3) is 4.59. The number of hydrogen-bond donors (Lipinski definition) is 2. The van der Waals surface area contributed by atoms with E-state index in [1.807, 2.05) is 13.8 Å². The van der Waals surface area contributed by atoms with E-state index >= 15 is 0 Å². The molecule has 9 heteroatoms. The van der Waals surface area contributed by atoms with Crippen LogP contribution in [0.4, 0.5) is 0 Å². The first-order chi connectivity index (χ1) is 8.31. The molecule has 0 atom stereocenters. The highest BCUT2D eigenvalue weighted by Crippen LogP contribution is 2.00.